The van der Waals surface area contributed by atoms with Gasteiger partial charge in [-0.15, -0.1) is 12.6 Å². The lowest BCUT2D eigenvalue weighted by atomic mass is 9.98. The smallest absolute Gasteiger partial charge is 0.309 e. The molecule has 3 nitrogen and oxygen atoms in total. The van der Waals surface area contributed by atoms with Gasteiger partial charge in [-0.25, -0.2) is 0 Å². The van der Waals surface area contributed by atoms with Crippen LogP contribution in [0.1, 0.15) is 17.5 Å². The number of ether oxygens (including phenoxy) is 2. The van der Waals surface area contributed by atoms with Crippen LogP contribution in [0.5, 0.6) is 5.75 Å². The molecule has 0 saturated carbocycles. The number of benzene rings is 1. The zero-order valence-corrected chi connectivity index (χ0v) is 10.0. The Labute approximate surface area is 100 Å². The van der Waals surface area contributed by atoms with Crippen LogP contribution < -0.4 is 4.74 Å². The molecule has 1 aromatic carbocycles. The highest BCUT2D eigenvalue weighted by Crippen LogP contribution is 2.34. The van der Waals surface area contributed by atoms with Crippen molar-refractivity contribution in [1.29, 1.82) is 0 Å². The fourth-order valence-corrected chi connectivity index (χ4v) is 2.18. The number of carbonyl (C=O) groups is 1. The van der Waals surface area contributed by atoms with Gasteiger partial charge < -0.3 is 9.47 Å². The van der Waals surface area contributed by atoms with Crippen LogP contribution in [0.2, 0.25) is 0 Å². The molecule has 0 spiro atoms. The van der Waals surface area contributed by atoms with Gasteiger partial charge in [-0.05, 0) is 30.0 Å². The van der Waals surface area contributed by atoms with E-state index < -0.39 is 0 Å². The fraction of sp³-hybridized carbons (Fsp3) is 0.417. The summed E-state index contributed by atoms with van der Waals surface area (Å²) in [6.07, 6.45) is 2.23. The summed E-state index contributed by atoms with van der Waals surface area (Å²) in [5.41, 5.74) is 2.09. The molecule has 0 aromatic heterocycles. The highest BCUT2D eigenvalue weighted by atomic mass is 32.1. The van der Waals surface area contributed by atoms with Crippen LogP contribution in [0.25, 0.3) is 0 Å². The van der Waals surface area contributed by atoms with Crippen LogP contribution in [0.3, 0.4) is 0 Å². The van der Waals surface area contributed by atoms with Crippen molar-refractivity contribution in [2.45, 2.75) is 24.2 Å². The first-order chi connectivity index (χ1) is 7.72. The van der Waals surface area contributed by atoms with Gasteiger partial charge in [-0.1, -0.05) is 6.07 Å². The van der Waals surface area contributed by atoms with Crippen molar-refractivity contribution in [2.75, 3.05) is 13.7 Å². The summed E-state index contributed by atoms with van der Waals surface area (Å²) in [7, 11) is 1.40. The van der Waals surface area contributed by atoms with E-state index in [1.54, 1.807) is 0 Å². The van der Waals surface area contributed by atoms with Gasteiger partial charge in [-0.3, -0.25) is 4.79 Å². The molecule has 16 heavy (non-hydrogen) atoms. The molecular weight excluding hydrogens is 224 g/mol. The Bertz CT molecular complexity index is 415. The van der Waals surface area contributed by atoms with Crippen LogP contribution in [0.15, 0.2) is 17.0 Å². The van der Waals surface area contributed by atoms with E-state index in [1.165, 1.54) is 7.11 Å². The van der Waals surface area contributed by atoms with Gasteiger partial charge in [0.1, 0.15) is 5.75 Å². The zero-order chi connectivity index (χ0) is 11.5. The van der Waals surface area contributed by atoms with E-state index in [-0.39, 0.29) is 5.97 Å². The number of hydrogen-bond donors (Lipinski definition) is 1. The number of methoxy groups -OCH3 is 1. The van der Waals surface area contributed by atoms with E-state index >= 15 is 0 Å². The Balaban J connectivity index is 2.35. The first kappa shape index (κ1) is 11.3. The number of fused-ring (bicyclic) bond motifs is 1. The largest absolute Gasteiger partial charge is 0.492 e. The third kappa shape index (κ3) is 2.16. The van der Waals surface area contributed by atoms with Gasteiger partial charge in [0.05, 0.1) is 20.1 Å². The van der Waals surface area contributed by atoms with Crippen LogP contribution in [-0.2, 0) is 22.4 Å². The molecule has 0 amide bonds. The van der Waals surface area contributed by atoms with E-state index in [1.807, 2.05) is 12.1 Å². The number of carbonyl (C=O) groups excluding carboxylic acids is 1. The molecule has 0 atom stereocenters. The molecule has 86 valence electrons. The third-order valence-corrected chi connectivity index (χ3v) is 3.07. The number of rotatable bonds is 2. The summed E-state index contributed by atoms with van der Waals surface area (Å²) >= 11 is 4.36. The summed E-state index contributed by atoms with van der Waals surface area (Å²) in [5.74, 6) is 0.607. The van der Waals surface area contributed by atoms with Crippen LogP contribution in [0.4, 0.5) is 0 Å². The molecule has 0 fully saturated rings. The summed E-state index contributed by atoms with van der Waals surface area (Å²) in [6, 6.07) is 3.79. The van der Waals surface area contributed by atoms with Gasteiger partial charge in [0.15, 0.2) is 0 Å². The molecule has 0 aliphatic carbocycles. The monoisotopic (exact) mass is 238 g/mol. The lowest BCUT2D eigenvalue weighted by Crippen LogP contribution is -2.14. The van der Waals surface area contributed by atoms with Crippen molar-refractivity contribution in [3.8, 4) is 5.75 Å². The van der Waals surface area contributed by atoms with Crippen molar-refractivity contribution in [2.24, 2.45) is 0 Å². The van der Waals surface area contributed by atoms with Crippen molar-refractivity contribution in [1.82, 2.24) is 0 Å². The number of hydrogen-bond acceptors (Lipinski definition) is 4. The van der Waals surface area contributed by atoms with Gasteiger partial charge >= 0.3 is 5.97 Å². The Morgan fingerprint density at radius 1 is 1.56 bits per heavy atom. The lowest BCUT2D eigenvalue weighted by Gasteiger charge is -2.21. The van der Waals surface area contributed by atoms with Crippen LogP contribution in [0, 0.1) is 0 Å². The van der Waals surface area contributed by atoms with E-state index in [0.717, 1.165) is 41.2 Å². The predicted molar refractivity (Wildman–Crippen MR) is 63.2 cm³/mol. The molecule has 0 saturated heterocycles. The quantitative estimate of drug-likeness (QED) is 0.632. The maximum Gasteiger partial charge on any atom is 0.309 e. The highest BCUT2D eigenvalue weighted by molar-refractivity contribution is 7.80. The van der Waals surface area contributed by atoms with E-state index in [4.69, 9.17) is 4.74 Å². The summed E-state index contributed by atoms with van der Waals surface area (Å²) < 4.78 is 10.3. The highest BCUT2D eigenvalue weighted by Gasteiger charge is 2.18. The molecule has 0 bridgehead atoms. The minimum absolute atomic E-state index is 0.223. The van der Waals surface area contributed by atoms with Crippen LogP contribution in [-0.4, -0.2) is 19.7 Å². The second kappa shape index (κ2) is 4.78. The minimum Gasteiger partial charge on any atom is -0.492 e. The second-order valence-electron chi connectivity index (χ2n) is 3.76. The Hall–Kier alpha value is -1.16. The standard InChI is InChI=1S/C12H14O3S/c1-14-11(13)7-8-4-5-10(16)12-9(8)3-2-6-15-12/h4-5,16H,2-3,6-7H2,1H3. The zero-order valence-electron chi connectivity index (χ0n) is 9.16. The maximum absolute atomic E-state index is 11.3. The molecule has 4 heteroatoms. The Kier molecular flexibility index (Phi) is 3.39. The molecule has 0 N–H and O–H groups in total. The van der Waals surface area contributed by atoms with Crippen molar-refractivity contribution in [3.05, 3.63) is 23.3 Å². The van der Waals surface area contributed by atoms with Gasteiger partial charge in [0.25, 0.3) is 0 Å². The van der Waals surface area contributed by atoms with Gasteiger partial charge in [0.2, 0.25) is 0 Å². The minimum atomic E-state index is -0.223. The average molecular weight is 238 g/mol. The fourth-order valence-electron chi connectivity index (χ4n) is 1.91. The predicted octanol–water partition coefficient (Wildman–Crippen LogP) is 2.02. The Morgan fingerprint density at radius 3 is 3.12 bits per heavy atom. The molecule has 0 unspecified atom stereocenters. The number of thiol groups is 1. The first-order valence-corrected chi connectivity index (χ1v) is 5.70. The second-order valence-corrected chi connectivity index (χ2v) is 4.24. The summed E-state index contributed by atoms with van der Waals surface area (Å²) in [6.45, 7) is 0.724. The molecule has 1 heterocycles. The van der Waals surface area contributed by atoms with Crippen LogP contribution >= 0.6 is 12.6 Å². The maximum atomic E-state index is 11.3. The van der Waals surface area contributed by atoms with E-state index in [9.17, 15) is 4.79 Å². The molecular formula is C12H14O3S. The van der Waals surface area contributed by atoms with E-state index in [0.29, 0.717) is 6.42 Å². The SMILES string of the molecule is COC(=O)Cc1ccc(S)c2c1CCCO2. The number of esters is 1. The average Bonchev–Trinajstić information content (AvgIpc) is 2.33. The van der Waals surface area contributed by atoms with Crippen molar-refractivity contribution in [3.63, 3.8) is 0 Å². The van der Waals surface area contributed by atoms with Crippen molar-refractivity contribution < 1.29 is 14.3 Å². The molecule has 0 radical (unpaired) electrons. The molecule has 1 aliphatic rings. The summed E-state index contributed by atoms with van der Waals surface area (Å²) in [4.78, 5) is 12.1. The molecule has 1 aromatic rings. The molecule has 2 rings (SSSR count). The Morgan fingerprint density at radius 2 is 2.38 bits per heavy atom. The normalized spacial score (nSPS) is 13.9. The van der Waals surface area contributed by atoms with Gasteiger partial charge in [0, 0.05) is 4.90 Å². The molecule has 1 aliphatic heterocycles. The van der Waals surface area contributed by atoms with Gasteiger partial charge in [-0.2, -0.15) is 0 Å². The topological polar surface area (TPSA) is 35.5 Å². The summed E-state index contributed by atoms with van der Waals surface area (Å²) in [5, 5.41) is 0. The van der Waals surface area contributed by atoms with Crippen molar-refractivity contribution >= 4 is 18.6 Å². The first-order valence-electron chi connectivity index (χ1n) is 5.25. The third-order valence-electron chi connectivity index (χ3n) is 2.72. The van der Waals surface area contributed by atoms with E-state index in [2.05, 4.69) is 17.4 Å². The lowest BCUT2D eigenvalue weighted by molar-refractivity contribution is -0.139.